The van der Waals surface area contributed by atoms with E-state index in [4.69, 9.17) is 10.3 Å². The molecule has 1 saturated carbocycles. The standard InChI is InChI=1S/C10H16N2O/c1-7-5-9(13-12-7)6-8-3-2-4-10(8)11/h5,8,10H,2-4,6,11H2,1H3/t8-,10-/m1/s1. The molecule has 0 amide bonds. The summed E-state index contributed by atoms with van der Waals surface area (Å²) in [6.45, 7) is 1.95. The van der Waals surface area contributed by atoms with Crippen LogP contribution in [-0.2, 0) is 6.42 Å². The Morgan fingerprint density at radius 1 is 1.62 bits per heavy atom. The van der Waals surface area contributed by atoms with Gasteiger partial charge in [0, 0.05) is 18.5 Å². The van der Waals surface area contributed by atoms with Crippen molar-refractivity contribution in [3.8, 4) is 0 Å². The van der Waals surface area contributed by atoms with Crippen LogP contribution in [0.15, 0.2) is 10.6 Å². The zero-order valence-electron chi connectivity index (χ0n) is 7.99. The van der Waals surface area contributed by atoms with Gasteiger partial charge in [-0.15, -0.1) is 0 Å². The van der Waals surface area contributed by atoms with E-state index >= 15 is 0 Å². The highest BCUT2D eigenvalue weighted by molar-refractivity contribution is 5.05. The van der Waals surface area contributed by atoms with Crippen LogP contribution in [-0.4, -0.2) is 11.2 Å². The molecule has 3 heteroatoms. The minimum atomic E-state index is 0.366. The molecule has 0 unspecified atom stereocenters. The largest absolute Gasteiger partial charge is 0.361 e. The summed E-state index contributed by atoms with van der Waals surface area (Å²) >= 11 is 0. The molecule has 1 heterocycles. The van der Waals surface area contributed by atoms with Crippen molar-refractivity contribution in [1.82, 2.24) is 5.16 Å². The van der Waals surface area contributed by atoms with Crippen LogP contribution >= 0.6 is 0 Å². The van der Waals surface area contributed by atoms with E-state index in [0.717, 1.165) is 24.3 Å². The van der Waals surface area contributed by atoms with Crippen LogP contribution in [0.25, 0.3) is 0 Å². The molecule has 0 aliphatic heterocycles. The quantitative estimate of drug-likeness (QED) is 0.753. The molecule has 13 heavy (non-hydrogen) atoms. The Morgan fingerprint density at radius 3 is 3.00 bits per heavy atom. The van der Waals surface area contributed by atoms with E-state index in [-0.39, 0.29) is 0 Å². The first kappa shape index (κ1) is 8.75. The molecule has 2 N–H and O–H groups in total. The number of nitrogens with zero attached hydrogens (tertiary/aromatic N) is 1. The van der Waals surface area contributed by atoms with E-state index in [0.29, 0.717) is 12.0 Å². The van der Waals surface area contributed by atoms with Gasteiger partial charge in [0.2, 0.25) is 0 Å². The zero-order chi connectivity index (χ0) is 9.26. The number of hydrogen-bond donors (Lipinski definition) is 1. The molecule has 3 nitrogen and oxygen atoms in total. The van der Waals surface area contributed by atoms with Crippen LogP contribution in [0.3, 0.4) is 0 Å². The highest BCUT2D eigenvalue weighted by atomic mass is 16.5. The van der Waals surface area contributed by atoms with E-state index in [2.05, 4.69) is 5.16 Å². The van der Waals surface area contributed by atoms with Gasteiger partial charge in [-0.1, -0.05) is 11.6 Å². The third kappa shape index (κ3) is 1.91. The van der Waals surface area contributed by atoms with Crippen molar-refractivity contribution < 1.29 is 4.52 Å². The van der Waals surface area contributed by atoms with Crippen molar-refractivity contribution in [3.63, 3.8) is 0 Å². The van der Waals surface area contributed by atoms with E-state index in [1.165, 1.54) is 12.8 Å². The average Bonchev–Trinajstić information content (AvgIpc) is 2.64. The van der Waals surface area contributed by atoms with Crippen LogP contribution in [0.2, 0.25) is 0 Å². The lowest BCUT2D eigenvalue weighted by Gasteiger charge is -2.12. The Balaban J connectivity index is 1.97. The number of aryl methyl sites for hydroxylation is 1. The summed E-state index contributed by atoms with van der Waals surface area (Å²) in [6, 6.07) is 2.37. The second-order valence-electron chi connectivity index (χ2n) is 3.99. The topological polar surface area (TPSA) is 52.0 Å². The second kappa shape index (κ2) is 3.50. The molecule has 0 aromatic carbocycles. The molecule has 1 aliphatic carbocycles. The van der Waals surface area contributed by atoms with Crippen molar-refractivity contribution >= 4 is 0 Å². The number of rotatable bonds is 2. The highest BCUT2D eigenvalue weighted by Crippen LogP contribution is 2.27. The predicted molar refractivity (Wildman–Crippen MR) is 50.3 cm³/mol. The van der Waals surface area contributed by atoms with Crippen molar-refractivity contribution in [2.24, 2.45) is 11.7 Å². The van der Waals surface area contributed by atoms with Crippen LogP contribution in [0.4, 0.5) is 0 Å². The maximum atomic E-state index is 5.97. The lowest BCUT2D eigenvalue weighted by atomic mass is 9.99. The fraction of sp³-hybridized carbons (Fsp3) is 0.700. The van der Waals surface area contributed by atoms with Crippen molar-refractivity contribution in [1.29, 1.82) is 0 Å². The molecule has 2 rings (SSSR count). The van der Waals surface area contributed by atoms with Crippen LogP contribution in [0, 0.1) is 12.8 Å². The smallest absolute Gasteiger partial charge is 0.137 e. The summed E-state index contributed by atoms with van der Waals surface area (Å²) in [7, 11) is 0. The Kier molecular flexibility index (Phi) is 2.36. The van der Waals surface area contributed by atoms with Gasteiger partial charge in [-0.2, -0.15) is 0 Å². The molecule has 1 fully saturated rings. The van der Waals surface area contributed by atoms with Gasteiger partial charge in [0.1, 0.15) is 5.76 Å². The summed E-state index contributed by atoms with van der Waals surface area (Å²) in [6.07, 6.45) is 4.62. The fourth-order valence-corrected chi connectivity index (χ4v) is 2.09. The normalized spacial score (nSPS) is 28.2. The molecular weight excluding hydrogens is 164 g/mol. The SMILES string of the molecule is Cc1cc(C[C@H]2CCC[C@H]2N)on1. The zero-order valence-corrected chi connectivity index (χ0v) is 7.99. The van der Waals surface area contributed by atoms with Gasteiger partial charge in [-0.3, -0.25) is 0 Å². The molecule has 72 valence electrons. The van der Waals surface area contributed by atoms with E-state index in [1.807, 2.05) is 13.0 Å². The van der Waals surface area contributed by atoms with Gasteiger partial charge < -0.3 is 10.3 Å². The van der Waals surface area contributed by atoms with Gasteiger partial charge in [-0.25, -0.2) is 0 Å². The molecule has 0 bridgehead atoms. The van der Waals surface area contributed by atoms with Crippen LogP contribution in [0.5, 0.6) is 0 Å². The van der Waals surface area contributed by atoms with Crippen molar-refractivity contribution in [2.45, 2.75) is 38.6 Å². The van der Waals surface area contributed by atoms with E-state index in [9.17, 15) is 0 Å². The summed E-state index contributed by atoms with van der Waals surface area (Å²) in [5, 5.41) is 3.87. The molecule has 2 atom stereocenters. The Hall–Kier alpha value is -0.830. The third-order valence-electron chi connectivity index (χ3n) is 2.86. The predicted octanol–water partition coefficient (Wildman–Crippen LogP) is 1.65. The van der Waals surface area contributed by atoms with Crippen LogP contribution < -0.4 is 5.73 Å². The first-order valence-corrected chi connectivity index (χ1v) is 4.93. The Bertz CT molecular complexity index is 282. The van der Waals surface area contributed by atoms with Gasteiger partial charge in [-0.05, 0) is 25.7 Å². The van der Waals surface area contributed by atoms with Crippen LogP contribution in [0.1, 0.15) is 30.7 Å². The first-order chi connectivity index (χ1) is 6.25. The molecule has 1 aromatic heterocycles. The molecular formula is C10H16N2O. The summed E-state index contributed by atoms with van der Waals surface area (Å²) in [5.41, 5.74) is 6.93. The minimum Gasteiger partial charge on any atom is -0.361 e. The number of nitrogens with two attached hydrogens (primary N) is 1. The van der Waals surface area contributed by atoms with Gasteiger partial charge in [0.25, 0.3) is 0 Å². The highest BCUT2D eigenvalue weighted by Gasteiger charge is 2.25. The number of aromatic nitrogens is 1. The third-order valence-corrected chi connectivity index (χ3v) is 2.86. The fourth-order valence-electron chi connectivity index (χ4n) is 2.09. The molecule has 1 aromatic rings. The van der Waals surface area contributed by atoms with Gasteiger partial charge in [0.15, 0.2) is 0 Å². The van der Waals surface area contributed by atoms with E-state index in [1.54, 1.807) is 0 Å². The van der Waals surface area contributed by atoms with Gasteiger partial charge in [0.05, 0.1) is 5.69 Å². The molecule has 1 aliphatic rings. The Morgan fingerprint density at radius 2 is 2.46 bits per heavy atom. The maximum absolute atomic E-state index is 5.97. The average molecular weight is 180 g/mol. The molecule has 0 radical (unpaired) electrons. The molecule has 0 spiro atoms. The summed E-state index contributed by atoms with van der Waals surface area (Å²) in [5.74, 6) is 1.59. The lowest BCUT2D eigenvalue weighted by Crippen LogP contribution is -2.25. The molecule has 0 saturated heterocycles. The first-order valence-electron chi connectivity index (χ1n) is 4.93. The maximum Gasteiger partial charge on any atom is 0.137 e. The lowest BCUT2D eigenvalue weighted by molar-refractivity contribution is 0.347. The second-order valence-corrected chi connectivity index (χ2v) is 3.99. The number of hydrogen-bond acceptors (Lipinski definition) is 3. The van der Waals surface area contributed by atoms with Crippen molar-refractivity contribution in [2.75, 3.05) is 0 Å². The Labute approximate surface area is 78.3 Å². The van der Waals surface area contributed by atoms with Gasteiger partial charge >= 0.3 is 0 Å². The van der Waals surface area contributed by atoms with Crippen molar-refractivity contribution in [3.05, 3.63) is 17.5 Å². The summed E-state index contributed by atoms with van der Waals surface area (Å²) < 4.78 is 5.17. The van der Waals surface area contributed by atoms with E-state index < -0.39 is 0 Å². The minimum absolute atomic E-state index is 0.366. The summed E-state index contributed by atoms with van der Waals surface area (Å²) in [4.78, 5) is 0. The monoisotopic (exact) mass is 180 g/mol.